The SMILES string of the molecule is Cn1nccc1C(NC(=O)OCC1c2ccccc2-c2ccccc21)C(=O)NOCC(=O)O. The molecule has 3 aromatic rings. The third-order valence-corrected chi connectivity index (χ3v) is 5.39. The maximum atomic E-state index is 12.6. The molecule has 1 atom stereocenters. The van der Waals surface area contributed by atoms with E-state index in [4.69, 9.17) is 9.84 Å². The molecule has 3 N–H and O–H groups in total. The van der Waals surface area contributed by atoms with Crippen molar-refractivity contribution in [1.29, 1.82) is 0 Å². The largest absolute Gasteiger partial charge is 0.479 e. The van der Waals surface area contributed by atoms with E-state index in [0.29, 0.717) is 5.69 Å². The van der Waals surface area contributed by atoms with Gasteiger partial charge >= 0.3 is 12.1 Å². The fourth-order valence-electron chi connectivity index (χ4n) is 3.93. The summed E-state index contributed by atoms with van der Waals surface area (Å²) in [4.78, 5) is 40.5. The van der Waals surface area contributed by atoms with Crippen molar-refractivity contribution < 1.29 is 29.1 Å². The number of carbonyl (C=O) groups is 3. The zero-order chi connectivity index (χ0) is 23.4. The number of aromatic nitrogens is 2. The Kier molecular flexibility index (Phi) is 6.36. The highest BCUT2D eigenvalue weighted by Gasteiger charge is 2.31. The first-order chi connectivity index (χ1) is 16.0. The van der Waals surface area contributed by atoms with E-state index >= 15 is 0 Å². The van der Waals surface area contributed by atoms with Crippen LogP contribution in [0, 0.1) is 0 Å². The molecule has 0 fully saturated rings. The quantitative estimate of drug-likeness (QED) is 0.448. The van der Waals surface area contributed by atoms with Gasteiger partial charge in [0.25, 0.3) is 5.91 Å². The first-order valence-corrected chi connectivity index (χ1v) is 10.2. The second kappa shape index (κ2) is 9.53. The van der Waals surface area contributed by atoms with Crippen LogP contribution in [-0.4, -0.2) is 46.1 Å². The number of hydrogen-bond acceptors (Lipinski definition) is 6. The van der Waals surface area contributed by atoms with Gasteiger partial charge in [0.1, 0.15) is 6.61 Å². The Labute approximate surface area is 189 Å². The Morgan fingerprint density at radius 2 is 1.70 bits per heavy atom. The average molecular weight is 450 g/mol. The predicted octanol–water partition coefficient (Wildman–Crippen LogP) is 2.13. The fourth-order valence-corrected chi connectivity index (χ4v) is 3.93. The number of carboxylic acid groups (broad SMARTS) is 1. The third-order valence-electron chi connectivity index (χ3n) is 5.39. The van der Waals surface area contributed by atoms with Crippen LogP contribution in [0.4, 0.5) is 4.79 Å². The van der Waals surface area contributed by atoms with Gasteiger partial charge in [0.15, 0.2) is 12.6 Å². The van der Waals surface area contributed by atoms with Crippen molar-refractivity contribution in [3.63, 3.8) is 0 Å². The van der Waals surface area contributed by atoms with Crippen LogP contribution in [0.5, 0.6) is 0 Å². The van der Waals surface area contributed by atoms with Crippen LogP contribution in [-0.2, 0) is 26.2 Å². The molecule has 10 nitrogen and oxygen atoms in total. The van der Waals surface area contributed by atoms with Gasteiger partial charge in [-0.15, -0.1) is 0 Å². The molecule has 2 aromatic carbocycles. The summed E-state index contributed by atoms with van der Waals surface area (Å²) in [5.74, 6) is -2.16. The van der Waals surface area contributed by atoms with E-state index in [1.54, 1.807) is 13.1 Å². The van der Waals surface area contributed by atoms with Crippen LogP contribution in [0.15, 0.2) is 60.8 Å². The Morgan fingerprint density at radius 3 is 2.27 bits per heavy atom. The maximum Gasteiger partial charge on any atom is 0.408 e. The topological polar surface area (TPSA) is 132 Å². The first-order valence-electron chi connectivity index (χ1n) is 10.2. The van der Waals surface area contributed by atoms with Gasteiger partial charge in [-0.2, -0.15) is 5.10 Å². The lowest BCUT2D eigenvalue weighted by Crippen LogP contribution is -2.42. The number of hydroxylamine groups is 1. The smallest absolute Gasteiger partial charge is 0.408 e. The number of fused-ring (bicyclic) bond motifs is 3. The van der Waals surface area contributed by atoms with E-state index in [0.717, 1.165) is 22.3 Å². The van der Waals surface area contributed by atoms with Gasteiger partial charge < -0.3 is 15.2 Å². The highest BCUT2D eigenvalue weighted by Crippen LogP contribution is 2.44. The molecule has 0 saturated carbocycles. The molecule has 1 aromatic heterocycles. The zero-order valence-electron chi connectivity index (χ0n) is 17.7. The van der Waals surface area contributed by atoms with E-state index in [2.05, 4.69) is 15.3 Å². The average Bonchev–Trinajstić information content (AvgIpc) is 3.37. The molecule has 33 heavy (non-hydrogen) atoms. The Hall–Kier alpha value is -4.18. The summed E-state index contributed by atoms with van der Waals surface area (Å²) in [6, 6.07) is 16.2. The summed E-state index contributed by atoms with van der Waals surface area (Å²) in [5.41, 5.74) is 6.72. The molecule has 0 aliphatic heterocycles. The number of carbonyl (C=O) groups excluding carboxylic acids is 2. The van der Waals surface area contributed by atoms with Crippen LogP contribution in [0.3, 0.4) is 0 Å². The number of nitrogens with zero attached hydrogens (tertiary/aromatic N) is 2. The number of ether oxygens (including phenoxy) is 1. The van der Waals surface area contributed by atoms with Crippen molar-refractivity contribution >= 4 is 18.0 Å². The molecule has 1 heterocycles. The lowest BCUT2D eigenvalue weighted by molar-refractivity contribution is -0.150. The van der Waals surface area contributed by atoms with Crippen LogP contribution in [0.25, 0.3) is 11.1 Å². The number of rotatable bonds is 8. The van der Waals surface area contributed by atoms with Crippen molar-refractivity contribution in [3.8, 4) is 11.1 Å². The number of aryl methyl sites for hydroxylation is 1. The van der Waals surface area contributed by atoms with Gasteiger partial charge in [-0.25, -0.2) is 15.1 Å². The molecule has 0 bridgehead atoms. The summed E-state index contributed by atoms with van der Waals surface area (Å²) in [7, 11) is 1.60. The number of benzene rings is 2. The molecule has 4 rings (SSSR count). The van der Waals surface area contributed by atoms with Crippen LogP contribution >= 0.6 is 0 Å². The van der Waals surface area contributed by atoms with E-state index < -0.39 is 30.6 Å². The first kappa shape index (κ1) is 22.0. The van der Waals surface area contributed by atoms with Crippen molar-refractivity contribution in [2.75, 3.05) is 13.2 Å². The second-order valence-electron chi connectivity index (χ2n) is 7.43. The zero-order valence-corrected chi connectivity index (χ0v) is 17.7. The lowest BCUT2D eigenvalue weighted by atomic mass is 9.98. The number of amides is 2. The molecule has 0 saturated heterocycles. The molecule has 0 radical (unpaired) electrons. The second-order valence-corrected chi connectivity index (χ2v) is 7.43. The highest BCUT2D eigenvalue weighted by molar-refractivity contribution is 5.86. The monoisotopic (exact) mass is 450 g/mol. The molecule has 2 amide bonds. The van der Waals surface area contributed by atoms with Crippen molar-refractivity contribution in [3.05, 3.63) is 77.6 Å². The van der Waals surface area contributed by atoms with Gasteiger partial charge in [0.05, 0.1) is 5.69 Å². The molecular weight excluding hydrogens is 428 g/mol. The van der Waals surface area contributed by atoms with Gasteiger partial charge in [0, 0.05) is 19.2 Å². The molecule has 170 valence electrons. The minimum Gasteiger partial charge on any atom is -0.479 e. The molecule has 10 heteroatoms. The highest BCUT2D eigenvalue weighted by atomic mass is 16.7. The number of carboxylic acids is 1. The Balaban J connectivity index is 1.45. The summed E-state index contributed by atoms with van der Waals surface area (Å²) < 4.78 is 6.91. The van der Waals surface area contributed by atoms with Gasteiger partial charge in [0.2, 0.25) is 0 Å². The number of hydrogen-bond donors (Lipinski definition) is 3. The minimum absolute atomic E-state index is 0.0785. The van der Waals surface area contributed by atoms with E-state index in [1.807, 2.05) is 54.0 Å². The summed E-state index contributed by atoms with van der Waals surface area (Å²) in [6.45, 7) is -0.649. The van der Waals surface area contributed by atoms with Gasteiger partial charge in [-0.05, 0) is 28.3 Å². The summed E-state index contributed by atoms with van der Waals surface area (Å²) >= 11 is 0. The van der Waals surface area contributed by atoms with Gasteiger partial charge in [-0.3, -0.25) is 14.3 Å². The number of nitrogens with one attached hydrogen (secondary N) is 2. The summed E-state index contributed by atoms with van der Waals surface area (Å²) in [6.07, 6.45) is 0.657. The lowest BCUT2D eigenvalue weighted by Gasteiger charge is -2.19. The van der Waals surface area contributed by atoms with Crippen LogP contribution in [0.1, 0.15) is 28.8 Å². The molecule has 1 aliphatic carbocycles. The Bertz CT molecular complexity index is 1150. The normalized spacial score (nSPS) is 13.0. The van der Waals surface area contributed by atoms with E-state index in [1.165, 1.54) is 10.9 Å². The minimum atomic E-state index is -1.25. The maximum absolute atomic E-state index is 12.6. The van der Waals surface area contributed by atoms with Crippen LogP contribution in [0.2, 0.25) is 0 Å². The predicted molar refractivity (Wildman–Crippen MR) is 116 cm³/mol. The molecule has 1 unspecified atom stereocenters. The fraction of sp³-hybridized carbons (Fsp3) is 0.217. The molecule has 1 aliphatic rings. The molecular formula is C23H22N4O6. The van der Waals surface area contributed by atoms with Crippen molar-refractivity contribution in [2.45, 2.75) is 12.0 Å². The van der Waals surface area contributed by atoms with Gasteiger partial charge in [-0.1, -0.05) is 48.5 Å². The molecule has 0 spiro atoms. The number of aliphatic carboxylic acids is 1. The van der Waals surface area contributed by atoms with Crippen molar-refractivity contribution in [1.82, 2.24) is 20.6 Å². The van der Waals surface area contributed by atoms with E-state index in [-0.39, 0.29) is 12.5 Å². The van der Waals surface area contributed by atoms with Crippen LogP contribution < -0.4 is 10.8 Å². The Morgan fingerprint density at radius 1 is 1.06 bits per heavy atom. The third kappa shape index (κ3) is 4.70. The number of alkyl carbamates (subject to hydrolysis) is 1. The standard InChI is InChI=1S/C23H22N4O6/c1-27-19(10-11-24-27)21(22(30)26-33-13-20(28)29)25-23(31)32-12-18-16-8-4-2-6-14(16)15-7-3-5-9-17(15)18/h2-11,18,21H,12-13H2,1H3,(H,25,31)(H,26,30)(H,28,29). The van der Waals surface area contributed by atoms with E-state index in [9.17, 15) is 14.4 Å². The van der Waals surface area contributed by atoms with Crippen molar-refractivity contribution in [2.24, 2.45) is 7.05 Å². The summed E-state index contributed by atoms with van der Waals surface area (Å²) in [5, 5.41) is 15.2.